The summed E-state index contributed by atoms with van der Waals surface area (Å²) in [5, 5.41) is 21.4. The second kappa shape index (κ2) is 13.5. The van der Waals surface area contributed by atoms with Crippen LogP contribution in [-0.4, -0.2) is 67.5 Å². The van der Waals surface area contributed by atoms with E-state index in [1.807, 2.05) is 39.0 Å². The summed E-state index contributed by atoms with van der Waals surface area (Å²) in [6, 6.07) is 10.00. The van der Waals surface area contributed by atoms with Crippen LogP contribution in [0.25, 0.3) is 22.2 Å². The van der Waals surface area contributed by atoms with Crippen LogP contribution in [0.3, 0.4) is 0 Å². The van der Waals surface area contributed by atoms with Gasteiger partial charge in [0.05, 0.1) is 30.2 Å². The van der Waals surface area contributed by atoms with E-state index in [2.05, 4.69) is 30.4 Å². The average Bonchev–Trinajstić information content (AvgIpc) is 3.06. The normalized spacial score (nSPS) is 20.4. The minimum absolute atomic E-state index is 0.142. The second-order valence-corrected chi connectivity index (χ2v) is 13.3. The molecule has 10 heteroatoms. The summed E-state index contributed by atoms with van der Waals surface area (Å²) in [6.45, 7) is 8.13. The number of carbonyl (C=O) groups is 1. The smallest absolute Gasteiger partial charge is 0.251 e. The van der Waals surface area contributed by atoms with E-state index in [1.54, 1.807) is 30.7 Å². The molecule has 1 fully saturated rings. The molecule has 0 saturated carbocycles. The standard InChI is InChI=1S/C36H42F2N6O2/c1-22(2)36(38)11-6-32-29(19-36)17-27-16-28(18-30(37)34(27)42-32)35(46)43-33(10-15-44-13-8-24(9-14-44)23(3)45)25-4-5-31(39-20-25)26-7-12-40-41-21-26/h4-5,7,12,16-18,20-24,33,45H,6,8-11,13-15,19H2,1-3H3,(H,43,46). The fourth-order valence-electron chi connectivity index (χ4n) is 6.81. The molecule has 242 valence electrons. The summed E-state index contributed by atoms with van der Waals surface area (Å²) < 4.78 is 31.0. The molecule has 1 amide bonds. The van der Waals surface area contributed by atoms with Gasteiger partial charge in [-0.2, -0.15) is 10.2 Å². The van der Waals surface area contributed by atoms with Crippen molar-refractivity contribution in [2.75, 3.05) is 19.6 Å². The Morgan fingerprint density at radius 1 is 1.11 bits per heavy atom. The number of nitrogens with zero attached hydrogens (tertiary/aromatic N) is 5. The van der Waals surface area contributed by atoms with E-state index in [-0.39, 0.29) is 35.6 Å². The van der Waals surface area contributed by atoms with Crippen molar-refractivity contribution in [2.24, 2.45) is 11.8 Å². The largest absolute Gasteiger partial charge is 0.393 e. The number of benzene rings is 1. The Morgan fingerprint density at radius 2 is 1.91 bits per heavy atom. The maximum absolute atomic E-state index is 15.6. The number of amides is 1. The van der Waals surface area contributed by atoms with Crippen LogP contribution in [0, 0.1) is 17.7 Å². The van der Waals surface area contributed by atoms with Gasteiger partial charge in [0.25, 0.3) is 5.91 Å². The Bertz CT molecular complexity index is 1680. The van der Waals surface area contributed by atoms with Crippen LogP contribution in [0.4, 0.5) is 8.78 Å². The molecule has 0 radical (unpaired) electrons. The number of aliphatic hydroxyl groups excluding tert-OH is 1. The minimum Gasteiger partial charge on any atom is -0.393 e. The second-order valence-electron chi connectivity index (χ2n) is 13.3. The molecule has 6 rings (SSSR count). The molecule has 2 aliphatic rings. The molecule has 46 heavy (non-hydrogen) atoms. The van der Waals surface area contributed by atoms with E-state index in [9.17, 15) is 9.90 Å². The molecule has 0 bridgehead atoms. The summed E-state index contributed by atoms with van der Waals surface area (Å²) in [4.78, 5) is 25.3. The van der Waals surface area contributed by atoms with Gasteiger partial charge in [0.1, 0.15) is 17.0 Å². The predicted octanol–water partition coefficient (Wildman–Crippen LogP) is 6.03. The molecule has 8 nitrogen and oxygen atoms in total. The van der Waals surface area contributed by atoms with Gasteiger partial charge in [-0.1, -0.05) is 19.9 Å². The van der Waals surface area contributed by atoms with Gasteiger partial charge in [0.15, 0.2) is 0 Å². The van der Waals surface area contributed by atoms with Gasteiger partial charge in [0, 0.05) is 41.4 Å². The van der Waals surface area contributed by atoms with Crippen molar-refractivity contribution in [3.8, 4) is 11.3 Å². The number of aliphatic hydroxyl groups is 1. The lowest BCUT2D eigenvalue weighted by molar-refractivity contribution is 0.0699. The summed E-state index contributed by atoms with van der Waals surface area (Å²) in [6.07, 6.45) is 8.26. The van der Waals surface area contributed by atoms with E-state index in [0.717, 1.165) is 60.6 Å². The van der Waals surface area contributed by atoms with Crippen LogP contribution in [0.2, 0.25) is 0 Å². The number of halogens is 2. The van der Waals surface area contributed by atoms with Crippen LogP contribution in [0.1, 0.15) is 79.7 Å². The summed E-state index contributed by atoms with van der Waals surface area (Å²) in [7, 11) is 0. The molecule has 4 heterocycles. The Hall–Kier alpha value is -3.89. The molecule has 3 aromatic heterocycles. The van der Waals surface area contributed by atoms with E-state index < -0.39 is 17.4 Å². The quantitative estimate of drug-likeness (QED) is 0.233. The highest BCUT2D eigenvalue weighted by atomic mass is 19.1. The number of hydrogen-bond donors (Lipinski definition) is 2. The van der Waals surface area contributed by atoms with Crippen molar-refractivity contribution < 1.29 is 18.7 Å². The molecule has 0 spiro atoms. The highest BCUT2D eigenvalue weighted by Gasteiger charge is 2.38. The molecule has 1 aliphatic heterocycles. The molecule has 2 N–H and O–H groups in total. The van der Waals surface area contributed by atoms with Crippen LogP contribution in [-0.2, 0) is 12.8 Å². The number of carbonyl (C=O) groups excluding carboxylic acids is 1. The number of nitrogens with one attached hydrogen (secondary N) is 1. The SMILES string of the molecule is CC(O)C1CCN(CCC(NC(=O)c2cc(F)c3nc4c(cc3c2)CC(F)(C(C)C)CC4)c2ccc(-c3ccnnc3)nc2)CC1. The first-order valence-electron chi connectivity index (χ1n) is 16.3. The first-order chi connectivity index (χ1) is 22.1. The zero-order chi connectivity index (χ0) is 32.4. The molecule has 1 aliphatic carbocycles. The van der Waals surface area contributed by atoms with Crippen molar-refractivity contribution in [1.29, 1.82) is 0 Å². The number of aryl methyl sites for hydroxylation is 1. The molecule has 3 unspecified atom stereocenters. The fourth-order valence-corrected chi connectivity index (χ4v) is 6.81. The summed E-state index contributed by atoms with van der Waals surface area (Å²) in [5.74, 6) is -0.806. The Morgan fingerprint density at radius 3 is 2.59 bits per heavy atom. The molecular weight excluding hydrogens is 586 g/mol. The van der Waals surface area contributed by atoms with Crippen molar-refractivity contribution in [3.63, 3.8) is 0 Å². The van der Waals surface area contributed by atoms with Crippen LogP contribution >= 0.6 is 0 Å². The number of hydrogen-bond acceptors (Lipinski definition) is 7. The molecular formula is C36H42F2N6O2. The summed E-state index contributed by atoms with van der Waals surface area (Å²) >= 11 is 0. The van der Waals surface area contributed by atoms with Crippen molar-refractivity contribution in [3.05, 3.63) is 83.2 Å². The number of pyridine rings is 2. The van der Waals surface area contributed by atoms with Crippen molar-refractivity contribution in [1.82, 2.24) is 30.4 Å². The third-order valence-corrected chi connectivity index (χ3v) is 10.0. The molecule has 3 atom stereocenters. The number of aromatic nitrogens is 4. The maximum atomic E-state index is 15.6. The minimum atomic E-state index is -1.33. The first kappa shape index (κ1) is 32.1. The van der Waals surface area contributed by atoms with Gasteiger partial charge in [-0.3, -0.25) is 9.78 Å². The van der Waals surface area contributed by atoms with Crippen LogP contribution in [0.15, 0.2) is 55.0 Å². The Kier molecular flexibility index (Phi) is 9.38. The van der Waals surface area contributed by atoms with Gasteiger partial charge in [-0.15, -0.1) is 0 Å². The monoisotopic (exact) mass is 628 g/mol. The highest BCUT2D eigenvalue weighted by molar-refractivity contribution is 5.98. The van der Waals surface area contributed by atoms with Gasteiger partial charge < -0.3 is 15.3 Å². The summed E-state index contributed by atoms with van der Waals surface area (Å²) in [5.41, 5.74) is 2.99. The van der Waals surface area contributed by atoms with Gasteiger partial charge in [-0.25, -0.2) is 13.8 Å². The lowest BCUT2D eigenvalue weighted by Crippen LogP contribution is -2.39. The zero-order valence-corrected chi connectivity index (χ0v) is 26.7. The average molecular weight is 629 g/mol. The predicted molar refractivity (Wildman–Crippen MR) is 173 cm³/mol. The topological polar surface area (TPSA) is 104 Å². The van der Waals surface area contributed by atoms with E-state index in [0.29, 0.717) is 30.6 Å². The highest BCUT2D eigenvalue weighted by Crippen LogP contribution is 2.38. The number of fused-ring (bicyclic) bond motifs is 2. The first-order valence-corrected chi connectivity index (χ1v) is 16.3. The lowest BCUT2D eigenvalue weighted by atomic mass is 9.77. The van der Waals surface area contributed by atoms with Gasteiger partial charge in [-0.05, 0) is 105 Å². The fraction of sp³-hybridized carbons (Fsp3) is 0.472. The van der Waals surface area contributed by atoms with Gasteiger partial charge >= 0.3 is 0 Å². The Labute approximate surface area is 268 Å². The number of piperidine rings is 1. The van der Waals surface area contributed by atoms with E-state index >= 15 is 8.78 Å². The van der Waals surface area contributed by atoms with Gasteiger partial charge in [0.2, 0.25) is 0 Å². The lowest BCUT2D eigenvalue weighted by Gasteiger charge is -2.34. The van der Waals surface area contributed by atoms with E-state index in [4.69, 9.17) is 0 Å². The number of rotatable bonds is 9. The third-order valence-electron chi connectivity index (χ3n) is 10.0. The van der Waals surface area contributed by atoms with E-state index in [1.165, 1.54) is 6.07 Å². The third kappa shape index (κ3) is 6.93. The zero-order valence-electron chi connectivity index (χ0n) is 26.7. The molecule has 1 saturated heterocycles. The van der Waals surface area contributed by atoms with Crippen LogP contribution < -0.4 is 5.32 Å². The number of likely N-dealkylation sites (tertiary alicyclic amines) is 1. The number of alkyl halides is 1. The Balaban J connectivity index is 1.24. The van der Waals surface area contributed by atoms with Crippen molar-refractivity contribution >= 4 is 16.8 Å². The van der Waals surface area contributed by atoms with Crippen LogP contribution in [0.5, 0.6) is 0 Å². The van der Waals surface area contributed by atoms with Crippen molar-refractivity contribution in [2.45, 2.75) is 77.1 Å². The maximum Gasteiger partial charge on any atom is 0.251 e. The molecule has 1 aromatic carbocycles. The molecule has 4 aromatic rings.